The summed E-state index contributed by atoms with van der Waals surface area (Å²) in [6.07, 6.45) is 2.77. The zero-order valence-electron chi connectivity index (χ0n) is 12.4. The average molecular weight is 304 g/mol. The Kier molecular flexibility index (Phi) is 4.46. The predicted molar refractivity (Wildman–Crippen MR) is 79.8 cm³/mol. The van der Waals surface area contributed by atoms with E-state index in [4.69, 9.17) is 9.47 Å². The summed E-state index contributed by atoms with van der Waals surface area (Å²) in [5.74, 6) is 0.353. The fourth-order valence-electron chi connectivity index (χ4n) is 2.69. The number of carbonyl (C=O) groups is 2. The monoisotopic (exact) mass is 304 g/mol. The van der Waals surface area contributed by atoms with Gasteiger partial charge in [-0.25, -0.2) is 0 Å². The summed E-state index contributed by atoms with van der Waals surface area (Å²) in [5.41, 5.74) is 0. The summed E-state index contributed by atoms with van der Waals surface area (Å²) in [4.78, 5) is 25.6. The smallest absolute Gasteiger partial charge is 0.311 e. The molecule has 0 radical (unpaired) electrons. The van der Waals surface area contributed by atoms with E-state index in [1.54, 1.807) is 4.90 Å². The van der Waals surface area contributed by atoms with Crippen molar-refractivity contribution in [1.29, 1.82) is 0 Å². The van der Waals surface area contributed by atoms with Crippen LogP contribution in [0.4, 0.5) is 0 Å². The molecular formula is C16H20N2O4. The van der Waals surface area contributed by atoms with Gasteiger partial charge in [-0.05, 0) is 31.4 Å². The summed E-state index contributed by atoms with van der Waals surface area (Å²) in [6.45, 7) is 1.95. The van der Waals surface area contributed by atoms with Crippen LogP contribution in [0, 0.1) is 0 Å². The van der Waals surface area contributed by atoms with E-state index in [0.717, 1.165) is 19.3 Å². The fourth-order valence-corrected chi connectivity index (χ4v) is 2.69. The quantitative estimate of drug-likeness (QED) is 0.826. The van der Waals surface area contributed by atoms with Crippen LogP contribution < -0.4 is 14.8 Å². The van der Waals surface area contributed by atoms with Crippen LogP contribution in [0.25, 0.3) is 0 Å². The summed E-state index contributed by atoms with van der Waals surface area (Å²) in [5, 5.41) is 2.65. The number of para-hydroxylation sites is 2. The molecule has 1 saturated heterocycles. The maximum absolute atomic E-state index is 12.0. The van der Waals surface area contributed by atoms with Gasteiger partial charge in [-0.2, -0.15) is 0 Å². The first-order chi connectivity index (χ1) is 10.7. The minimum atomic E-state index is -0.565. The largest absolute Gasteiger partial charge is 0.486 e. The Labute approximate surface area is 129 Å². The van der Waals surface area contributed by atoms with E-state index in [2.05, 4.69) is 5.32 Å². The minimum Gasteiger partial charge on any atom is -0.486 e. The van der Waals surface area contributed by atoms with Crippen molar-refractivity contribution in [3.63, 3.8) is 0 Å². The van der Waals surface area contributed by atoms with Gasteiger partial charge in [-0.3, -0.25) is 9.59 Å². The first-order valence-corrected chi connectivity index (χ1v) is 7.69. The molecule has 0 aliphatic carbocycles. The lowest BCUT2D eigenvalue weighted by atomic mass is 10.1. The first-order valence-electron chi connectivity index (χ1n) is 7.69. The molecule has 118 valence electrons. The molecule has 1 aromatic rings. The highest BCUT2D eigenvalue weighted by atomic mass is 16.6. The molecule has 0 bridgehead atoms. The number of nitrogens with zero attached hydrogens (tertiary/aromatic N) is 1. The van der Waals surface area contributed by atoms with Crippen LogP contribution >= 0.6 is 0 Å². The number of benzene rings is 1. The Morgan fingerprint density at radius 3 is 2.64 bits per heavy atom. The van der Waals surface area contributed by atoms with Crippen LogP contribution in [0.2, 0.25) is 0 Å². The summed E-state index contributed by atoms with van der Waals surface area (Å²) >= 11 is 0. The SMILES string of the molecule is O=C(NCC1COc2ccccc2O1)C(=O)N1CCCCC1. The zero-order chi connectivity index (χ0) is 15.4. The number of hydrogen-bond donors (Lipinski definition) is 1. The number of rotatable bonds is 2. The number of amides is 2. The van der Waals surface area contributed by atoms with E-state index >= 15 is 0 Å². The lowest BCUT2D eigenvalue weighted by molar-refractivity contribution is -0.146. The molecule has 1 aromatic carbocycles. The van der Waals surface area contributed by atoms with Crippen LogP contribution in [0.3, 0.4) is 0 Å². The van der Waals surface area contributed by atoms with Gasteiger partial charge in [0.1, 0.15) is 12.7 Å². The van der Waals surface area contributed by atoms with Crippen LogP contribution in [0.1, 0.15) is 19.3 Å². The van der Waals surface area contributed by atoms with E-state index in [1.807, 2.05) is 24.3 Å². The number of hydrogen-bond acceptors (Lipinski definition) is 4. The molecule has 2 aliphatic rings. The summed E-state index contributed by atoms with van der Waals surface area (Å²) in [7, 11) is 0. The van der Waals surface area contributed by atoms with E-state index in [1.165, 1.54) is 0 Å². The third-order valence-electron chi connectivity index (χ3n) is 3.90. The van der Waals surface area contributed by atoms with Gasteiger partial charge < -0.3 is 19.7 Å². The third-order valence-corrected chi connectivity index (χ3v) is 3.90. The topological polar surface area (TPSA) is 67.9 Å². The molecule has 1 fully saturated rings. The fraction of sp³-hybridized carbons (Fsp3) is 0.500. The van der Waals surface area contributed by atoms with Crippen molar-refractivity contribution in [2.75, 3.05) is 26.2 Å². The molecule has 2 amide bonds. The number of piperidine rings is 1. The third kappa shape index (κ3) is 3.32. The van der Waals surface area contributed by atoms with Gasteiger partial charge >= 0.3 is 11.8 Å². The first kappa shape index (κ1) is 14.7. The second-order valence-electron chi connectivity index (χ2n) is 5.56. The van der Waals surface area contributed by atoms with E-state index < -0.39 is 11.8 Å². The van der Waals surface area contributed by atoms with Crippen molar-refractivity contribution in [3.05, 3.63) is 24.3 Å². The maximum atomic E-state index is 12.0. The number of likely N-dealkylation sites (tertiary alicyclic amines) is 1. The van der Waals surface area contributed by atoms with Gasteiger partial charge in [0.2, 0.25) is 0 Å². The van der Waals surface area contributed by atoms with Crippen LogP contribution in [-0.2, 0) is 9.59 Å². The maximum Gasteiger partial charge on any atom is 0.311 e. The molecule has 22 heavy (non-hydrogen) atoms. The Morgan fingerprint density at radius 1 is 1.14 bits per heavy atom. The minimum absolute atomic E-state index is 0.257. The zero-order valence-corrected chi connectivity index (χ0v) is 12.4. The van der Waals surface area contributed by atoms with Crippen molar-refractivity contribution in [2.24, 2.45) is 0 Å². The molecule has 1 atom stereocenters. The lowest BCUT2D eigenvalue weighted by Gasteiger charge is -2.28. The highest BCUT2D eigenvalue weighted by Gasteiger charge is 2.26. The van der Waals surface area contributed by atoms with Crippen molar-refractivity contribution in [2.45, 2.75) is 25.4 Å². The molecule has 1 N–H and O–H groups in total. The number of carbonyl (C=O) groups excluding carboxylic acids is 2. The van der Waals surface area contributed by atoms with Gasteiger partial charge in [-0.1, -0.05) is 12.1 Å². The number of fused-ring (bicyclic) bond motifs is 1. The lowest BCUT2D eigenvalue weighted by Crippen LogP contribution is -2.48. The number of nitrogens with one attached hydrogen (secondary N) is 1. The highest BCUT2D eigenvalue weighted by Crippen LogP contribution is 2.30. The van der Waals surface area contributed by atoms with Crippen molar-refractivity contribution >= 4 is 11.8 Å². The highest BCUT2D eigenvalue weighted by molar-refractivity contribution is 6.35. The molecule has 6 heteroatoms. The summed E-state index contributed by atoms with van der Waals surface area (Å²) < 4.78 is 11.3. The average Bonchev–Trinajstić information content (AvgIpc) is 2.59. The van der Waals surface area contributed by atoms with Gasteiger partial charge in [0.15, 0.2) is 11.5 Å². The molecule has 0 spiro atoms. The Balaban J connectivity index is 1.48. The molecule has 2 aliphatic heterocycles. The Hall–Kier alpha value is -2.24. The van der Waals surface area contributed by atoms with E-state index in [0.29, 0.717) is 31.2 Å². The second kappa shape index (κ2) is 6.68. The molecule has 6 nitrogen and oxygen atoms in total. The standard InChI is InChI=1S/C16H20N2O4/c19-15(16(20)18-8-4-1-5-9-18)17-10-12-11-21-13-6-2-3-7-14(13)22-12/h2-3,6-7,12H,1,4-5,8-11H2,(H,17,19). The Bertz CT molecular complexity index is 555. The summed E-state index contributed by atoms with van der Waals surface area (Å²) in [6, 6.07) is 7.40. The van der Waals surface area contributed by atoms with Gasteiger partial charge in [-0.15, -0.1) is 0 Å². The molecule has 1 unspecified atom stereocenters. The van der Waals surface area contributed by atoms with Crippen LogP contribution in [0.15, 0.2) is 24.3 Å². The van der Waals surface area contributed by atoms with Crippen LogP contribution in [0.5, 0.6) is 11.5 Å². The number of ether oxygens (including phenoxy) is 2. The van der Waals surface area contributed by atoms with E-state index in [9.17, 15) is 9.59 Å². The molecule has 3 rings (SSSR count). The molecule has 0 saturated carbocycles. The molecular weight excluding hydrogens is 284 g/mol. The normalized spacial score (nSPS) is 20.4. The Morgan fingerprint density at radius 2 is 1.86 bits per heavy atom. The van der Waals surface area contributed by atoms with Gasteiger partial charge in [0, 0.05) is 13.1 Å². The van der Waals surface area contributed by atoms with Crippen molar-refractivity contribution < 1.29 is 19.1 Å². The second-order valence-corrected chi connectivity index (χ2v) is 5.56. The van der Waals surface area contributed by atoms with Crippen LogP contribution in [-0.4, -0.2) is 49.1 Å². The predicted octanol–water partition coefficient (Wildman–Crippen LogP) is 0.955. The van der Waals surface area contributed by atoms with Crippen molar-refractivity contribution in [3.8, 4) is 11.5 Å². The van der Waals surface area contributed by atoms with E-state index in [-0.39, 0.29) is 12.6 Å². The van der Waals surface area contributed by atoms with Gasteiger partial charge in [0.05, 0.1) is 6.54 Å². The molecule has 0 aromatic heterocycles. The van der Waals surface area contributed by atoms with Crippen molar-refractivity contribution in [1.82, 2.24) is 10.2 Å². The molecule has 2 heterocycles. The van der Waals surface area contributed by atoms with Gasteiger partial charge in [0.25, 0.3) is 0 Å².